The van der Waals surface area contributed by atoms with E-state index in [2.05, 4.69) is 30.5 Å². The van der Waals surface area contributed by atoms with Gasteiger partial charge in [-0.2, -0.15) is 0 Å². The highest BCUT2D eigenvalue weighted by Gasteiger charge is 2.11. The van der Waals surface area contributed by atoms with Crippen molar-refractivity contribution in [3.63, 3.8) is 0 Å². The fourth-order valence-electron chi connectivity index (χ4n) is 1.73. The van der Waals surface area contributed by atoms with Gasteiger partial charge in [-0.25, -0.2) is 0 Å². The van der Waals surface area contributed by atoms with E-state index in [0.717, 1.165) is 37.1 Å². The van der Waals surface area contributed by atoms with E-state index in [-0.39, 0.29) is 5.78 Å². The standard InChI is InChI=1S/C15H21NO/c1-3-4-5-6-9-12-16-15-11-8-7-10-14(15)13(2)17/h4-6,8-9,11,16H,3,7,10,12H2,1-2H3/b5-4-,9-6+. The summed E-state index contributed by atoms with van der Waals surface area (Å²) in [5, 5.41) is 3.28. The number of hydrogen-bond acceptors (Lipinski definition) is 2. The maximum absolute atomic E-state index is 11.4. The maximum atomic E-state index is 11.4. The van der Waals surface area contributed by atoms with Crippen molar-refractivity contribution in [2.24, 2.45) is 0 Å². The Hall–Kier alpha value is -1.57. The molecular weight excluding hydrogens is 210 g/mol. The first-order valence-corrected chi connectivity index (χ1v) is 6.22. The van der Waals surface area contributed by atoms with E-state index < -0.39 is 0 Å². The van der Waals surface area contributed by atoms with E-state index in [1.807, 2.05) is 18.2 Å². The van der Waals surface area contributed by atoms with E-state index in [1.165, 1.54) is 0 Å². The fourth-order valence-corrected chi connectivity index (χ4v) is 1.73. The number of ketones is 1. The lowest BCUT2D eigenvalue weighted by Gasteiger charge is -2.14. The number of carbonyl (C=O) groups is 1. The van der Waals surface area contributed by atoms with E-state index in [0.29, 0.717) is 0 Å². The summed E-state index contributed by atoms with van der Waals surface area (Å²) in [6.45, 7) is 4.50. The van der Waals surface area contributed by atoms with Crippen LogP contribution < -0.4 is 5.32 Å². The summed E-state index contributed by atoms with van der Waals surface area (Å²) >= 11 is 0. The quantitative estimate of drug-likeness (QED) is 0.711. The van der Waals surface area contributed by atoms with Gasteiger partial charge in [0.2, 0.25) is 0 Å². The molecule has 0 amide bonds. The van der Waals surface area contributed by atoms with E-state index in [9.17, 15) is 4.79 Å². The number of rotatable bonds is 6. The minimum atomic E-state index is 0.173. The molecule has 92 valence electrons. The van der Waals surface area contributed by atoms with Crippen LogP contribution in [0.3, 0.4) is 0 Å². The molecule has 0 saturated heterocycles. The second-order valence-electron chi connectivity index (χ2n) is 4.03. The molecule has 0 unspecified atom stereocenters. The van der Waals surface area contributed by atoms with Crippen LogP contribution in [0.4, 0.5) is 0 Å². The van der Waals surface area contributed by atoms with Gasteiger partial charge in [0.1, 0.15) is 0 Å². The zero-order valence-electron chi connectivity index (χ0n) is 10.7. The molecule has 1 rings (SSSR count). The smallest absolute Gasteiger partial charge is 0.157 e. The molecule has 0 aliphatic heterocycles. The summed E-state index contributed by atoms with van der Waals surface area (Å²) in [6.07, 6.45) is 15.2. The molecule has 0 fully saturated rings. The van der Waals surface area contributed by atoms with E-state index in [4.69, 9.17) is 0 Å². The molecule has 0 atom stereocenters. The first kappa shape index (κ1) is 13.5. The van der Waals surface area contributed by atoms with Crippen LogP contribution in [0, 0.1) is 0 Å². The van der Waals surface area contributed by atoms with Gasteiger partial charge in [-0.05, 0) is 32.3 Å². The second-order valence-corrected chi connectivity index (χ2v) is 4.03. The summed E-state index contributed by atoms with van der Waals surface area (Å²) in [5.74, 6) is 0.173. The van der Waals surface area contributed by atoms with E-state index in [1.54, 1.807) is 6.92 Å². The highest BCUT2D eigenvalue weighted by molar-refractivity contribution is 5.94. The van der Waals surface area contributed by atoms with Crippen LogP contribution >= 0.6 is 0 Å². The third-order valence-electron chi connectivity index (χ3n) is 2.62. The number of allylic oxidation sites excluding steroid dienone is 6. The molecular formula is C15H21NO. The molecule has 2 heteroatoms. The van der Waals surface area contributed by atoms with Gasteiger partial charge in [0.25, 0.3) is 0 Å². The van der Waals surface area contributed by atoms with Crippen molar-refractivity contribution in [2.75, 3.05) is 6.54 Å². The number of nitrogens with one attached hydrogen (secondary N) is 1. The SMILES string of the molecule is CC/C=C\C=C\CNC1=C(C(C)=O)CCC=C1. The van der Waals surface area contributed by atoms with Gasteiger partial charge in [0, 0.05) is 17.8 Å². The first-order chi connectivity index (χ1) is 8.25. The Bertz CT molecular complexity index is 372. The van der Waals surface area contributed by atoms with Crippen molar-refractivity contribution in [1.82, 2.24) is 5.32 Å². The van der Waals surface area contributed by atoms with Crippen molar-refractivity contribution in [3.05, 3.63) is 47.7 Å². The summed E-state index contributed by atoms with van der Waals surface area (Å²) < 4.78 is 0. The van der Waals surface area contributed by atoms with Crippen molar-refractivity contribution >= 4 is 5.78 Å². The summed E-state index contributed by atoms with van der Waals surface area (Å²) in [6, 6.07) is 0. The van der Waals surface area contributed by atoms with Gasteiger partial charge >= 0.3 is 0 Å². The Kier molecular flexibility index (Phi) is 6.08. The monoisotopic (exact) mass is 231 g/mol. The average Bonchev–Trinajstić information content (AvgIpc) is 2.34. The zero-order valence-corrected chi connectivity index (χ0v) is 10.7. The molecule has 0 aromatic heterocycles. The Balaban J connectivity index is 2.49. The normalized spacial score (nSPS) is 16.1. The summed E-state index contributed by atoms with van der Waals surface area (Å²) in [7, 11) is 0. The van der Waals surface area contributed by atoms with Crippen molar-refractivity contribution in [2.45, 2.75) is 33.1 Å². The van der Waals surface area contributed by atoms with Gasteiger partial charge in [-0.3, -0.25) is 4.79 Å². The van der Waals surface area contributed by atoms with Gasteiger partial charge in [0.15, 0.2) is 5.78 Å². The number of Topliss-reactive ketones (excluding diaryl/α,β-unsaturated/α-hetero) is 1. The number of carbonyl (C=O) groups excluding carboxylic acids is 1. The zero-order chi connectivity index (χ0) is 12.5. The molecule has 17 heavy (non-hydrogen) atoms. The lowest BCUT2D eigenvalue weighted by molar-refractivity contribution is -0.113. The highest BCUT2D eigenvalue weighted by atomic mass is 16.1. The topological polar surface area (TPSA) is 29.1 Å². The third-order valence-corrected chi connectivity index (χ3v) is 2.62. The molecule has 0 saturated carbocycles. The predicted octanol–water partition coefficient (Wildman–Crippen LogP) is 3.29. The van der Waals surface area contributed by atoms with Crippen LogP contribution in [-0.2, 0) is 4.79 Å². The Morgan fingerprint density at radius 1 is 1.41 bits per heavy atom. The molecule has 0 aromatic carbocycles. The molecule has 0 radical (unpaired) electrons. The van der Waals surface area contributed by atoms with Gasteiger partial charge < -0.3 is 5.32 Å². The molecule has 1 aliphatic carbocycles. The van der Waals surface area contributed by atoms with Gasteiger partial charge in [-0.15, -0.1) is 0 Å². The molecule has 0 aromatic rings. The van der Waals surface area contributed by atoms with E-state index >= 15 is 0 Å². The maximum Gasteiger partial charge on any atom is 0.157 e. The van der Waals surface area contributed by atoms with Crippen molar-refractivity contribution in [1.29, 1.82) is 0 Å². The summed E-state index contributed by atoms with van der Waals surface area (Å²) in [4.78, 5) is 11.4. The van der Waals surface area contributed by atoms with Crippen LogP contribution in [0.5, 0.6) is 0 Å². The molecule has 0 spiro atoms. The predicted molar refractivity (Wildman–Crippen MR) is 72.7 cm³/mol. The van der Waals surface area contributed by atoms with Crippen molar-refractivity contribution in [3.8, 4) is 0 Å². The van der Waals surface area contributed by atoms with Crippen LogP contribution in [0.15, 0.2) is 47.7 Å². The Morgan fingerprint density at radius 3 is 2.88 bits per heavy atom. The van der Waals surface area contributed by atoms with Crippen molar-refractivity contribution < 1.29 is 4.79 Å². The van der Waals surface area contributed by atoms with Gasteiger partial charge in [0.05, 0.1) is 0 Å². The van der Waals surface area contributed by atoms with Crippen LogP contribution in [0.25, 0.3) is 0 Å². The molecule has 0 heterocycles. The summed E-state index contributed by atoms with van der Waals surface area (Å²) in [5.41, 5.74) is 1.90. The Labute approximate surface area is 104 Å². The van der Waals surface area contributed by atoms with Gasteiger partial charge in [-0.1, -0.05) is 37.3 Å². The first-order valence-electron chi connectivity index (χ1n) is 6.22. The second kappa shape index (κ2) is 7.66. The van der Waals surface area contributed by atoms with Crippen LogP contribution in [-0.4, -0.2) is 12.3 Å². The highest BCUT2D eigenvalue weighted by Crippen LogP contribution is 2.17. The average molecular weight is 231 g/mol. The third kappa shape index (κ3) is 4.85. The lowest BCUT2D eigenvalue weighted by Crippen LogP contribution is -2.18. The molecule has 1 N–H and O–H groups in total. The molecule has 1 aliphatic rings. The minimum Gasteiger partial charge on any atom is -0.381 e. The molecule has 0 bridgehead atoms. The minimum absolute atomic E-state index is 0.173. The largest absolute Gasteiger partial charge is 0.381 e. The van der Waals surface area contributed by atoms with Crippen LogP contribution in [0.2, 0.25) is 0 Å². The van der Waals surface area contributed by atoms with Crippen LogP contribution in [0.1, 0.15) is 33.1 Å². The fraction of sp³-hybridized carbons (Fsp3) is 0.400. The molecule has 2 nitrogen and oxygen atoms in total. The number of hydrogen-bond donors (Lipinski definition) is 1. The Morgan fingerprint density at radius 2 is 2.18 bits per heavy atom. The lowest BCUT2D eigenvalue weighted by atomic mass is 9.99.